The number of halogens is 1. The molecule has 0 aliphatic carbocycles. The van der Waals surface area contributed by atoms with Crippen LogP contribution in [0.3, 0.4) is 0 Å². The van der Waals surface area contributed by atoms with E-state index in [1.54, 1.807) is 6.07 Å². The monoisotopic (exact) mass is 213 g/mol. The molecule has 78 valence electrons. The maximum absolute atomic E-state index is 5.73. The molecule has 2 nitrogen and oxygen atoms in total. The van der Waals surface area contributed by atoms with Crippen molar-refractivity contribution in [3.8, 4) is 5.88 Å². The Hall–Kier alpha value is -0.760. The zero-order valence-corrected chi connectivity index (χ0v) is 9.42. The largest absolute Gasteiger partial charge is 0.477 e. The zero-order valence-electron chi connectivity index (χ0n) is 8.66. The minimum Gasteiger partial charge on any atom is -0.477 e. The molecule has 0 aliphatic rings. The average molecular weight is 214 g/mol. The molecule has 1 atom stereocenters. The molecule has 3 heteroatoms. The van der Waals surface area contributed by atoms with Crippen molar-refractivity contribution in [2.45, 2.75) is 26.7 Å². The number of nitrogens with zero attached hydrogens (tertiary/aromatic N) is 1. The Morgan fingerprint density at radius 2 is 2.29 bits per heavy atom. The van der Waals surface area contributed by atoms with Gasteiger partial charge in [-0.2, -0.15) is 0 Å². The highest BCUT2D eigenvalue weighted by Gasteiger charge is 2.02. The second-order valence-electron chi connectivity index (χ2n) is 3.50. The molecule has 0 aliphatic heterocycles. The summed E-state index contributed by atoms with van der Waals surface area (Å²) in [6, 6.07) is 5.41. The van der Waals surface area contributed by atoms with Crippen molar-refractivity contribution in [1.29, 1.82) is 0 Å². The average Bonchev–Trinajstić information content (AvgIpc) is 2.15. The number of rotatable bonds is 5. The quantitative estimate of drug-likeness (QED) is 0.698. The second kappa shape index (κ2) is 5.86. The normalized spacial score (nSPS) is 12.5. The summed E-state index contributed by atoms with van der Waals surface area (Å²) in [6.07, 6.45) is 2.37. The van der Waals surface area contributed by atoms with E-state index in [-0.39, 0.29) is 0 Å². The van der Waals surface area contributed by atoms with Gasteiger partial charge in [0.25, 0.3) is 0 Å². The molecule has 1 aromatic heterocycles. The standard InChI is InChI=1S/C11H16ClNO/c1-3-5-9(2)8-14-11-7-4-6-10(12)13-11/h4,6-7,9H,3,5,8H2,1-2H3. The number of hydrogen-bond donors (Lipinski definition) is 0. The summed E-state index contributed by atoms with van der Waals surface area (Å²) in [5.74, 6) is 1.18. The van der Waals surface area contributed by atoms with Crippen molar-refractivity contribution >= 4 is 11.6 Å². The molecule has 0 aromatic carbocycles. The first-order valence-corrected chi connectivity index (χ1v) is 5.35. The highest BCUT2D eigenvalue weighted by Crippen LogP contribution is 2.13. The lowest BCUT2D eigenvalue weighted by Crippen LogP contribution is -2.08. The van der Waals surface area contributed by atoms with E-state index >= 15 is 0 Å². The third-order valence-corrected chi connectivity index (χ3v) is 2.20. The Morgan fingerprint density at radius 3 is 2.93 bits per heavy atom. The number of ether oxygens (including phenoxy) is 1. The first-order chi connectivity index (χ1) is 6.72. The van der Waals surface area contributed by atoms with Gasteiger partial charge >= 0.3 is 0 Å². The molecular weight excluding hydrogens is 198 g/mol. The third kappa shape index (κ3) is 3.97. The summed E-state index contributed by atoms with van der Waals surface area (Å²) in [5.41, 5.74) is 0. The minimum atomic E-state index is 0.477. The Labute approximate surface area is 90.3 Å². The second-order valence-corrected chi connectivity index (χ2v) is 3.89. The summed E-state index contributed by atoms with van der Waals surface area (Å²) in [5, 5.41) is 0.477. The number of hydrogen-bond acceptors (Lipinski definition) is 2. The van der Waals surface area contributed by atoms with Gasteiger partial charge in [0.2, 0.25) is 5.88 Å². The molecule has 0 saturated carbocycles. The molecule has 0 radical (unpaired) electrons. The van der Waals surface area contributed by atoms with E-state index in [0.29, 0.717) is 23.6 Å². The van der Waals surface area contributed by atoms with Crippen LogP contribution in [0.2, 0.25) is 5.15 Å². The van der Waals surface area contributed by atoms with Crippen LogP contribution in [-0.2, 0) is 0 Å². The molecule has 0 fully saturated rings. The van der Waals surface area contributed by atoms with Crippen LogP contribution in [0, 0.1) is 5.92 Å². The fraction of sp³-hybridized carbons (Fsp3) is 0.545. The number of pyridine rings is 1. The summed E-state index contributed by atoms with van der Waals surface area (Å²) in [4.78, 5) is 4.05. The number of aromatic nitrogens is 1. The van der Waals surface area contributed by atoms with Gasteiger partial charge in [-0.05, 0) is 18.4 Å². The van der Waals surface area contributed by atoms with Gasteiger partial charge in [0.1, 0.15) is 5.15 Å². The minimum absolute atomic E-state index is 0.477. The molecule has 1 heterocycles. The van der Waals surface area contributed by atoms with Gasteiger partial charge in [0.05, 0.1) is 6.61 Å². The van der Waals surface area contributed by atoms with Gasteiger partial charge < -0.3 is 4.74 Å². The first-order valence-electron chi connectivity index (χ1n) is 4.97. The molecule has 0 amide bonds. The van der Waals surface area contributed by atoms with Crippen molar-refractivity contribution in [2.24, 2.45) is 5.92 Å². The topological polar surface area (TPSA) is 22.1 Å². The van der Waals surface area contributed by atoms with E-state index in [1.165, 1.54) is 12.8 Å². The van der Waals surface area contributed by atoms with Crippen LogP contribution in [0.5, 0.6) is 5.88 Å². The van der Waals surface area contributed by atoms with Crippen LogP contribution in [0.25, 0.3) is 0 Å². The van der Waals surface area contributed by atoms with Gasteiger partial charge in [-0.25, -0.2) is 4.98 Å². The molecule has 0 spiro atoms. The molecule has 0 bridgehead atoms. The Balaban J connectivity index is 2.37. The summed E-state index contributed by atoms with van der Waals surface area (Å²) in [6.45, 7) is 5.06. The van der Waals surface area contributed by atoms with Crippen molar-refractivity contribution in [3.63, 3.8) is 0 Å². The fourth-order valence-corrected chi connectivity index (χ4v) is 1.43. The van der Waals surface area contributed by atoms with Crippen LogP contribution in [-0.4, -0.2) is 11.6 Å². The molecule has 0 saturated heterocycles. The van der Waals surface area contributed by atoms with Crippen LogP contribution >= 0.6 is 11.6 Å². The molecule has 1 unspecified atom stereocenters. The zero-order chi connectivity index (χ0) is 10.4. The smallest absolute Gasteiger partial charge is 0.214 e. The highest BCUT2D eigenvalue weighted by molar-refractivity contribution is 6.29. The highest BCUT2D eigenvalue weighted by atomic mass is 35.5. The van der Waals surface area contributed by atoms with E-state index in [9.17, 15) is 0 Å². The molecule has 1 rings (SSSR count). The van der Waals surface area contributed by atoms with E-state index in [1.807, 2.05) is 12.1 Å². The SMILES string of the molecule is CCCC(C)COc1cccc(Cl)n1. The van der Waals surface area contributed by atoms with Gasteiger partial charge in [0.15, 0.2) is 0 Å². The summed E-state index contributed by atoms with van der Waals surface area (Å²) in [7, 11) is 0. The third-order valence-electron chi connectivity index (χ3n) is 1.99. The van der Waals surface area contributed by atoms with Gasteiger partial charge in [-0.3, -0.25) is 0 Å². The Kier molecular flexibility index (Phi) is 4.74. The first kappa shape index (κ1) is 11.3. The van der Waals surface area contributed by atoms with Crippen LogP contribution in [0.1, 0.15) is 26.7 Å². The maximum Gasteiger partial charge on any atom is 0.214 e. The Morgan fingerprint density at radius 1 is 1.50 bits per heavy atom. The molecule has 0 N–H and O–H groups in total. The van der Waals surface area contributed by atoms with Crippen LogP contribution in [0.15, 0.2) is 18.2 Å². The van der Waals surface area contributed by atoms with Gasteiger partial charge in [0, 0.05) is 6.07 Å². The van der Waals surface area contributed by atoms with E-state index in [4.69, 9.17) is 16.3 Å². The lowest BCUT2D eigenvalue weighted by molar-refractivity contribution is 0.243. The van der Waals surface area contributed by atoms with Crippen molar-refractivity contribution in [1.82, 2.24) is 4.98 Å². The van der Waals surface area contributed by atoms with E-state index in [2.05, 4.69) is 18.8 Å². The molecular formula is C11H16ClNO. The predicted molar refractivity (Wildman–Crippen MR) is 58.8 cm³/mol. The van der Waals surface area contributed by atoms with E-state index in [0.717, 1.165) is 0 Å². The molecule has 1 aromatic rings. The van der Waals surface area contributed by atoms with E-state index < -0.39 is 0 Å². The lowest BCUT2D eigenvalue weighted by atomic mass is 10.1. The molecule has 14 heavy (non-hydrogen) atoms. The predicted octanol–water partition coefficient (Wildman–Crippen LogP) is 3.55. The fourth-order valence-electron chi connectivity index (χ4n) is 1.27. The maximum atomic E-state index is 5.73. The Bertz CT molecular complexity index is 278. The van der Waals surface area contributed by atoms with Gasteiger partial charge in [-0.15, -0.1) is 0 Å². The summed E-state index contributed by atoms with van der Waals surface area (Å²) >= 11 is 5.73. The van der Waals surface area contributed by atoms with Gasteiger partial charge in [-0.1, -0.05) is 37.9 Å². The van der Waals surface area contributed by atoms with Crippen molar-refractivity contribution < 1.29 is 4.74 Å². The summed E-state index contributed by atoms with van der Waals surface area (Å²) < 4.78 is 5.51. The van der Waals surface area contributed by atoms with Crippen molar-refractivity contribution in [3.05, 3.63) is 23.4 Å². The van der Waals surface area contributed by atoms with Crippen LogP contribution < -0.4 is 4.74 Å². The lowest BCUT2D eigenvalue weighted by Gasteiger charge is -2.10. The van der Waals surface area contributed by atoms with Crippen molar-refractivity contribution in [2.75, 3.05) is 6.61 Å². The van der Waals surface area contributed by atoms with Crippen LogP contribution in [0.4, 0.5) is 0 Å².